The summed E-state index contributed by atoms with van der Waals surface area (Å²) < 4.78 is 10.9. The standard InChI is InChI=1S/C16H21N3O2/c1-12-9-13(21-18-12)11-19-8-7-17-10-15(19)14-5-3-4-6-16(14)20-2/h3-6,9,15,17H,7-8,10-11H2,1-2H3. The summed E-state index contributed by atoms with van der Waals surface area (Å²) in [6, 6.07) is 10.5. The molecule has 5 heteroatoms. The van der Waals surface area contributed by atoms with Gasteiger partial charge in [0.1, 0.15) is 5.75 Å². The fourth-order valence-electron chi connectivity index (χ4n) is 2.87. The van der Waals surface area contributed by atoms with E-state index in [4.69, 9.17) is 9.26 Å². The monoisotopic (exact) mass is 287 g/mol. The van der Waals surface area contributed by atoms with Crippen LogP contribution in [0.25, 0.3) is 0 Å². The molecule has 0 bridgehead atoms. The predicted octanol–water partition coefficient (Wildman–Crippen LogP) is 2.14. The van der Waals surface area contributed by atoms with Crippen molar-refractivity contribution in [3.05, 3.63) is 47.3 Å². The molecule has 1 aromatic carbocycles. The van der Waals surface area contributed by atoms with Crippen LogP contribution in [0.5, 0.6) is 5.75 Å². The van der Waals surface area contributed by atoms with Crippen LogP contribution in [0.1, 0.15) is 23.1 Å². The summed E-state index contributed by atoms with van der Waals surface area (Å²) in [5.74, 6) is 1.85. The Morgan fingerprint density at radius 1 is 1.43 bits per heavy atom. The van der Waals surface area contributed by atoms with Crippen LogP contribution in [0.2, 0.25) is 0 Å². The first-order valence-corrected chi connectivity index (χ1v) is 7.28. The summed E-state index contributed by atoms with van der Waals surface area (Å²) in [5, 5.41) is 7.43. The summed E-state index contributed by atoms with van der Waals surface area (Å²) in [4.78, 5) is 2.41. The molecule has 112 valence electrons. The van der Waals surface area contributed by atoms with Crippen molar-refractivity contribution in [3.63, 3.8) is 0 Å². The molecule has 1 saturated heterocycles. The smallest absolute Gasteiger partial charge is 0.150 e. The molecule has 1 atom stereocenters. The van der Waals surface area contributed by atoms with Crippen molar-refractivity contribution in [3.8, 4) is 5.75 Å². The number of rotatable bonds is 4. The zero-order valence-corrected chi connectivity index (χ0v) is 12.5. The summed E-state index contributed by atoms with van der Waals surface area (Å²) in [6.45, 7) is 5.59. The Hall–Kier alpha value is -1.85. The Balaban J connectivity index is 1.84. The van der Waals surface area contributed by atoms with Crippen molar-refractivity contribution < 1.29 is 9.26 Å². The molecule has 0 spiro atoms. The van der Waals surface area contributed by atoms with E-state index in [0.29, 0.717) is 0 Å². The average Bonchev–Trinajstić information content (AvgIpc) is 2.93. The second-order valence-corrected chi connectivity index (χ2v) is 5.37. The fourth-order valence-corrected chi connectivity index (χ4v) is 2.87. The molecule has 5 nitrogen and oxygen atoms in total. The van der Waals surface area contributed by atoms with Crippen LogP contribution in [0, 0.1) is 6.92 Å². The van der Waals surface area contributed by atoms with Gasteiger partial charge in [0.15, 0.2) is 5.76 Å². The van der Waals surface area contributed by atoms with Gasteiger partial charge in [-0.2, -0.15) is 0 Å². The molecule has 21 heavy (non-hydrogen) atoms. The molecule has 0 aliphatic carbocycles. The van der Waals surface area contributed by atoms with E-state index < -0.39 is 0 Å². The summed E-state index contributed by atoms with van der Waals surface area (Å²) >= 11 is 0. The Morgan fingerprint density at radius 2 is 2.29 bits per heavy atom. The van der Waals surface area contributed by atoms with Gasteiger partial charge < -0.3 is 14.6 Å². The molecule has 1 N–H and O–H groups in total. The van der Waals surface area contributed by atoms with Gasteiger partial charge in [-0.15, -0.1) is 0 Å². The van der Waals surface area contributed by atoms with Gasteiger partial charge in [-0.3, -0.25) is 4.90 Å². The first-order chi connectivity index (χ1) is 10.3. The topological polar surface area (TPSA) is 50.5 Å². The summed E-state index contributed by atoms with van der Waals surface area (Å²) in [6.07, 6.45) is 0. The Kier molecular flexibility index (Phi) is 4.22. The molecule has 0 radical (unpaired) electrons. The molecule has 1 aliphatic rings. The molecule has 0 saturated carbocycles. The zero-order valence-electron chi connectivity index (χ0n) is 12.5. The number of methoxy groups -OCH3 is 1. The SMILES string of the molecule is COc1ccccc1C1CNCCN1Cc1cc(C)no1. The highest BCUT2D eigenvalue weighted by Gasteiger charge is 2.27. The van der Waals surface area contributed by atoms with E-state index in [0.717, 1.165) is 43.4 Å². The van der Waals surface area contributed by atoms with Crippen LogP contribution < -0.4 is 10.1 Å². The van der Waals surface area contributed by atoms with Gasteiger partial charge in [-0.05, 0) is 13.0 Å². The number of nitrogens with one attached hydrogen (secondary N) is 1. The minimum atomic E-state index is 0.278. The van der Waals surface area contributed by atoms with Crippen molar-refractivity contribution in [2.24, 2.45) is 0 Å². The number of aryl methyl sites for hydroxylation is 1. The van der Waals surface area contributed by atoms with Crippen molar-refractivity contribution in [2.75, 3.05) is 26.7 Å². The first kappa shape index (κ1) is 14.1. The van der Waals surface area contributed by atoms with Crippen LogP contribution in [-0.4, -0.2) is 36.8 Å². The lowest BCUT2D eigenvalue weighted by Gasteiger charge is -2.36. The number of piperazine rings is 1. The molecular formula is C16H21N3O2. The van der Waals surface area contributed by atoms with Crippen molar-refractivity contribution >= 4 is 0 Å². The quantitative estimate of drug-likeness (QED) is 0.933. The van der Waals surface area contributed by atoms with Crippen LogP contribution in [0.15, 0.2) is 34.9 Å². The molecule has 1 fully saturated rings. The molecule has 1 aromatic heterocycles. The maximum absolute atomic E-state index is 5.51. The third kappa shape index (κ3) is 3.09. The lowest BCUT2D eigenvalue weighted by molar-refractivity contribution is 0.136. The van der Waals surface area contributed by atoms with E-state index >= 15 is 0 Å². The third-order valence-corrected chi connectivity index (χ3v) is 3.89. The maximum atomic E-state index is 5.51. The predicted molar refractivity (Wildman–Crippen MR) is 80.3 cm³/mol. The number of hydrogen-bond acceptors (Lipinski definition) is 5. The molecule has 1 aliphatic heterocycles. The van der Waals surface area contributed by atoms with E-state index in [9.17, 15) is 0 Å². The maximum Gasteiger partial charge on any atom is 0.150 e. The Morgan fingerprint density at radius 3 is 3.05 bits per heavy atom. The van der Waals surface area contributed by atoms with Gasteiger partial charge in [0.25, 0.3) is 0 Å². The van der Waals surface area contributed by atoms with Crippen molar-refractivity contribution in [2.45, 2.75) is 19.5 Å². The highest BCUT2D eigenvalue weighted by molar-refractivity contribution is 5.36. The second-order valence-electron chi connectivity index (χ2n) is 5.37. The third-order valence-electron chi connectivity index (χ3n) is 3.89. The van der Waals surface area contributed by atoms with Crippen molar-refractivity contribution in [1.82, 2.24) is 15.4 Å². The minimum Gasteiger partial charge on any atom is -0.496 e. The van der Waals surface area contributed by atoms with Crippen molar-refractivity contribution in [1.29, 1.82) is 0 Å². The normalized spacial score (nSPS) is 19.6. The fraction of sp³-hybridized carbons (Fsp3) is 0.438. The van der Waals surface area contributed by atoms with Gasteiger partial charge in [-0.1, -0.05) is 23.4 Å². The molecule has 1 unspecified atom stereocenters. The first-order valence-electron chi connectivity index (χ1n) is 7.28. The highest BCUT2D eigenvalue weighted by atomic mass is 16.5. The van der Waals surface area contributed by atoms with Gasteiger partial charge >= 0.3 is 0 Å². The molecule has 3 rings (SSSR count). The zero-order chi connectivity index (χ0) is 14.7. The number of ether oxygens (including phenoxy) is 1. The number of aromatic nitrogens is 1. The van der Waals surface area contributed by atoms with E-state index in [1.54, 1.807) is 7.11 Å². The second kappa shape index (κ2) is 6.28. The largest absolute Gasteiger partial charge is 0.496 e. The van der Waals surface area contributed by atoms with E-state index in [2.05, 4.69) is 27.5 Å². The number of para-hydroxylation sites is 1. The van der Waals surface area contributed by atoms with Crippen LogP contribution in [0.3, 0.4) is 0 Å². The van der Waals surface area contributed by atoms with E-state index in [1.165, 1.54) is 5.56 Å². The Labute approximate surface area is 124 Å². The molecule has 0 amide bonds. The minimum absolute atomic E-state index is 0.278. The van der Waals surface area contributed by atoms with Gasteiger partial charge in [-0.25, -0.2) is 0 Å². The van der Waals surface area contributed by atoms with Gasteiger partial charge in [0.05, 0.1) is 25.4 Å². The summed E-state index contributed by atoms with van der Waals surface area (Å²) in [5.41, 5.74) is 2.14. The average molecular weight is 287 g/mol. The number of benzene rings is 1. The Bertz CT molecular complexity index is 597. The number of hydrogen-bond donors (Lipinski definition) is 1. The lowest BCUT2D eigenvalue weighted by Crippen LogP contribution is -2.45. The van der Waals surface area contributed by atoms with Gasteiger partial charge in [0, 0.05) is 31.3 Å². The van der Waals surface area contributed by atoms with E-state index in [1.807, 2.05) is 25.1 Å². The van der Waals surface area contributed by atoms with Crippen LogP contribution >= 0.6 is 0 Å². The summed E-state index contributed by atoms with van der Waals surface area (Å²) in [7, 11) is 1.72. The van der Waals surface area contributed by atoms with Crippen LogP contribution in [0.4, 0.5) is 0 Å². The van der Waals surface area contributed by atoms with Gasteiger partial charge in [0.2, 0.25) is 0 Å². The lowest BCUT2D eigenvalue weighted by atomic mass is 10.0. The highest BCUT2D eigenvalue weighted by Crippen LogP contribution is 2.31. The molecule has 2 aromatic rings. The van der Waals surface area contributed by atoms with Crippen LogP contribution in [-0.2, 0) is 6.54 Å². The number of nitrogens with zero attached hydrogens (tertiary/aromatic N) is 2. The molecule has 2 heterocycles. The van der Waals surface area contributed by atoms with E-state index in [-0.39, 0.29) is 6.04 Å². The molecular weight excluding hydrogens is 266 g/mol.